The Labute approximate surface area is 89.0 Å². The molecule has 4 nitrogen and oxygen atoms in total. The standard InChI is InChI=1S/C11H16N2O2/c1-2-15-11(14)9-7-12-13-10(9)8-5-3-4-6-8/h7-8H,2-6H2,1H3,(H,12,13). The monoisotopic (exact) mass is 208 g/mol. The fraction of sp³-hybridized carbons (Fsp3) is 0.636. The van der Waals surface area contributed by atoms with Gasteiger partial charge < -0.3 is 4.74 Å². The highest BCUT2D eigenvalue weighted by Crippen LogP contribution is 2.34. The number of H-pyrrole nitrogens is 1. The van der Waals surface area contributed by atoms with Crippen LogP contribution in [-0.2, 0) is 4.74 Å². The first-order valence-electron chi connectivity index (χ1n) is 5.53. The molecule has 1 aromatic rings. The summed E-state index contributed by atoms with van der Waals surface area (Å²) in [5.41, 5.74) is 1.58. The molecular formula is C11H16N2O2. The van der Waals surface area contributed by atoms with Crippen LogP contribution in [0.1, 0.15) is 54.6 Å². The summed E-state index contributed by atoms with van der Waals surface area (Å²) in [6.07, 6.45) is 6.35. The third kappa shape index (κ3) is 2.03. The summed E-state index contributed by atoms with van der Waals surface area (Å²) in [6, 6.07) is 0. The predicted molar refractivity (Wildman–Crippen MR) is 55.8 cm³/mol. The van der Waals surface area contributed by atoms with Crippen molar-refractivity contribution in [1.82, 2.24) is 10.2 Å². The summed E-state index contributed by atoms with van der Waals surface area (Å²) in [5.74, 6) is 0.208. The number of aromatic amines is 1. The first kappa shape index (κ1) is 10.2. The summed E-state index contributed by atoms with van der Waals surface area (Å²) in [6.45, 7) is 2.22. The van der Waals surface area contributed by atoms with Crippen molar-refractivity contribution in [2.24, 2.45) is 0 Å². The van der Waals surface area contributed by atoms with Crippen molar-refractivity contribution < 1.29 is 9.53 Å². The summed E-state index contributed by atoms with van der Waals surface area (Å²) in [4.78, 5) is 11.6. The number of ether oxygens (including phenoxy) is 1. The van der Waals surface area contributed by atoms with Crippen LogP contribution in [0.15, 0.2) is 6.20 Å². The van der Waals surface area contributed by atoms with Gasteiger partial charge in [-0.1, -0.05) is 12.8 Å². The fourth-order valence-electron chi connectivity index (χ4n) is 2.19. The third-order valence-electron chi connectivity index (χ3n) is 2.93. The molecule has 15 heavy (non-hydrogen) atoms. The lowest BCUT2D eigenvalue weighted by Crippen LogP contribution is -2.08. The van der Waals surface area contributed by atoms with Crippen LogP contribution in [-0.4, -0.2) is 22.8 Å². The quantitative estimate of drug-likeness (QED) is 0.775. The zero-order valence-corrected chi connectivity index (χ0v) is 8.95. The minimum Gasteiger partial charge on any atom is -0.462 e. The number of esters is 1. The number of carbonyl (C=O) groups excluding carboxylic acids is 1. The average molecular weight is 208 g/mol. The minimum absolute atomic E-state index is 0.256. The van der Waals surface area contributed by atoms with Crippen molar-refractivity contribution in [1.29, 1.82) is 0 Å². The van der Waals surface area contributed by atoms with E-state index in [1.165, 1.54) is 12.8 Å². The van der Waals surface area contributed by atoms with E-state index in [4.69, 9.17) is 4.74 Å². The molecule has 0 saturated heterocycles. The molecule has 1 heterocycles. The number of nitrogens with zero attached hydrogens (tertiary/aromatic N) is 1. The van der Waals surface area contributed by atoms with Crippen molar-refractivity contribution in [3.63, 3.8) is 0 Å². The van der Waals surface area contributed by atoms with Crippen molar-refractivity contribution in [3.05, 3.63) is 17.5 Å². The number of carbonyl (C=O) groups is 1. The zero-order chi connectivity index (χ0) is 10.7. The van der Waals surface area contributed by atoms with Crippen molar-refractivity contribution in [3.8, 4) is 0 Å². The maximum atomic E-state index is 11.6. The van der Waals surface area contributed by atoms with Gasteiger partial charge in [0.1, 0.15) is 5.56 Å². The summed E-state index contributed by atoms with van der Waals surface area (Å²) >= 11 is 0. The van der Waals surface area contributed by atoms with Gasteiger partial charge in [-0.15, -0.1) is 0 Å². The molecule has 0 spiro atoms. The van der Waals surface area contributed by atoms with Gasteiger partial charge in [0.25, 0.3) is 0 Å². The van der Waals surface area contributed by atoms with Gasteiger partial charge in [-0.3, -0.25) is 5.10 Å². The first-order chi connectivity index (χ1) is 7.33. The van der Waals surface area contributed by atoms with Crippen LogP contribution in [0, 0.1) is 0 Å². The second-order valence-corrected chi connectivity index (χ2v) is 3.90. The predicted octanol–water partition coefficient (Wildman–Crippen LogP) is 2.24. The molecule has 1 fully saturated rings. The molecular weight excluding hydrogens is 192 g/mol. The van der Waals surface area contributed by atoms with E-state index in [1.54, 1.807) is 6.20 Å². The zero-order valence-electron chi connectivity index (χ0n) is 8.95. The molecule has 82 valence electrons. The largest absolute Gasteiger partial charge is 0.462 e. The summed E-state index contributed by atoms with van der Waals surface area (Å²) in [5, 5.41) is 6.88. The number of rotatable bonds is 3. The first-order valence-corrected chi connectivity index (χ1v) is 5.53. The van der Waals surface area contributed by atoms with Crippen LogP contribution in [0.25, 0.3) is 0 Å². The second kappa shape index (κ2) is 4.47. The Morgan fingerprint density at radius 2 is 2.33 bits per heavy atom. The summed E-state index contributed by atoms with van der Waals surface area (Å²) < 4.78 is 4.99. The highest BCUT2D eigenvalue weighted by Gasteiger charge is 2.24. The molecule has 0 aromatic carbocycles. The van der Waals surface area contributed by atoms with Crippen molar-refractivity contribution >= 4 is 5.97 Å². The van der Waals surface area contributed by atoms with Crippen LogP contribution in [0.3, 0.4) is 0 Å². The molecule has 2 rings (SSSR count). The minimum atomic E-state index is -0.256. The second-order valence-electron chi connectivity index (χ2n) is 3.90. The Kier molecular flexibility index (Phi) is 3.04. The van der Waals surface area contributed by atoms with Crippen LogP contribution >= 0.6 is 0 Å². The van der Waals surface area contributed by atoms with E-state index in [0.29, 0.717) is 18.1 Å². The van der Waals surface area contributed by atoms with E-state index in [0.717, 1.165) is 18.5 Å². The topological polar surface area (TPSA) is 55.0 Å². The summed E-state index contributed by atoms with van der Waals surface area (Å²) in [7, 11) is 0. The number of nitrogens with one attached hydrogen (secondary N) is 1. The van der Waals surface area contributed by atoms with Crippen LogP contribution < -0.4 is 0 Å². The Morgan fingerprint density at radius 3 is 3.00 bits per heavy atom. The van der Waals surface area contributed by atoms with Crippen molar-refractivity contribution in [2.45, 2.75) is 38.5 Å². The Hall–Kier alpha value is -1.32. The van der Waals surface area contributed by atoms with E-state index in [9.17, 15) is 4.79 Å². The maximum Gasteiger partial charge on any atom is 0.341 e. The normalized spacial score (nSPS) is 16.9. The van der Waals surface area contributed by atoms with Gasteiger partial charge in [0.05, 0.1) is 18.5 Å². The average Bonchev–Trinajstić information content (AvgIpc) is 2.88. The number of hydrogen-bond acceptors (Lipinski definition) is 3. The van der Waals surface area contributed by atoms with Gasteiger partial charge in [-0.2, -0.15) is 5.10 Å². The van der Waals surface area contributed by atoms with E-state index in [-0.39, 0.29) is 5.97 Å². The van der Waals surface area contributed by atoms with E-state index in [1.807, 2.05) is 6.92 Å². The Bertz CT molecular complexity index is 340. The van der Waals surface area contributed by atoms with Gasteiger partial charge in [0, 0.05) is 5.92 Å². The van der Waals surface area contributed by atoms with Gasteiger partial charge in [0.2, 0.25) is 0 Å². The molecule has 0 radical (unpaired) electrons. The van der Waals surface area contributed by atoms with E-state index in [2.05, 4.69) is 10.2 Å². The highest BCUT2D eigenvalue weighted by molar-refractivity contribution is 5.90. The molecule has 0 unspecified atom stereocenters. The lowest BCUT2D eigenvalue weighted by Gasteiger charge is -2.08. The van der Waals surface area contributed by atoms with Crippen molar-refractivity contribution in [2.75, 3.05) is 6.61 Å². The lowest BCUT2D eigenvalue weighted by atomic mass is 10.0. The smallest absolute Gasteiger partial charge is 0.341 e. The molecule has 1 aromatic heterocycles. The molecule has 1 aliphatic carbocycles. The number of hydrogen-bond donors (Lipinski definition) is 1. The molecule has 4 heteroatoms. The van der Waals surface area contributed by atoms with Gasteiger partial charge in [0.15, 0.2) is 0 Å². The molecule has 0 amide bonds. The lowest BCUT2D eigenvalue weighted by molar-refractivity contribution is 0.0524. The highest BCUT2D eigenvalue weighted by atomic mass is 16.5. The molecule has 1 aliphatic rings. The fourth-order valence-corrected chi connectivity index (χ4v) is 2.19. The van der Waals surface area contributed by atoms with Gasteiger partial charge in [-0.05, 0) is 19.8 Å². The van der Waals surface area contributed by atoms with Crippen LogP contribution in [0.5, 0.6) is 0 Å². The molecule has 1 N–H and O–H groups in total. The molecule has 0 bridgehead atoms. The van der Waals surface area contributed by atoms with Gasteiger partial charge >= 0.3 is 5.97 Å². The third-order valence-corrected chi connectivity index (χ3v) is 2.93. The SMILES string of the molecule is CCOC(=O)c1cn[nH]c1C1CCCC1. The molecule has 0 aliphatic heterocycles. The van der Waals surface area contributed by atoms with Crippen LogP contribution in [0.2, 0.25) is 0 Å². The van der Waals surface area contributed by atoms with Crippen LogP contribution in [0.4, 0.5) is 0 Å². The van der Waals surface area contributed by atoms with Gasteiger partial charge in [-0.25, -0.2) is 4.79 Å². The van der Waals surface area contributed by atoms with E-state index < -0.39 is 0 Å². The number of aromatic nitrogens is 2. The Balaban J connectivity index is 2.17. The maximum absolute atomic E-state index is 11.6. The van der Waals surface area contributed by atoms with E-state index >= 15 is 0 Å². The molecule has 0 atom stereocenters. The molecule has 1 saturated carbocycles. The Morgan fingerprint density at radius 1 is 1.60 bits per heavy atom.